The molecule has 0 aromatic heterocycles. The van der Waals surface area contributed by atoms with E-state index in [-0.39, 0.29) is 24.0 Å². The standard InChI is InChI=1S/2C11H10O4.2C7H7.Sn.2H/c2*12-10(13)7-9(11(14)15)6-8-4-2-1-3-5-8;2*1-7-5-3-2-4-6-7;;;/h2*1-5,7H,6H2,(H,12,13)(H,14,15);2*2-6H,1H2;;;/q;;;;+4;;/p-4/b2*9-7-;;;;;. The summed E-state index contributed by atoms with van der Waals surface area (Å²) in [6.07, 6.45) is 1.11. The second kappa shape index (κ2) is 20.9. The third-order valence-electron chi connectivity index (χ3n) is 6.20. The van der Waals surface area contributed by atoms with E-state index in [1.807, 2.05) is 0 Å². The second-order valence-electron chi connectivity index (χ2n) is 9.70. The minimum atomic E-state index is -1.54. The van der Waals surface area contributed by atoms with Crippen LogP contribution >= 0.6 is 0 Å². The Labute approximate surface area is 272 Å². The monoisotopic (exact) mass is 712 g/mol. The zero-order valence-corrected chi connectivity index (χ0v) is 28.5. The average Bonchev–Trinajstić information content (AvgIpc) is 3.03. The SMILES string of the molecule is O=C([O-])/C=C(/Cc1ccccc1)C(=O)[O-].O=C([O-])/C=C(/Cc1ccccc1)C(=O)[O-].c1ccc([CH2][SnH2+4][CH2]c2ccccc2)cc1. The molecule has 0 aliphatic rings. The summed E-state index contributed by atoms with van der Waals surface area (Å²) in [4.78, 5) is 41.6. The molecule has 4 aromatic rings. The van der Waals surface area contributed by atoms with Crippen LogP contribution in [0, 0.1) is 0 Å². The van der Waals surface area contributed by atoms with Gasteiger partial charge in [-0.1, -0.05) is 60.7 Å². The van der Waals surface area contributed by atoms with Crippen molar-refractivity contribution in [3.63, 3.8) is 0 Å². The summed E-state index contributed by atoms with van der Waals surface area (Å²) in [6, 6.07) is 39.1. The Morgan fingerprint density at radius 1 is 0.444 bits per heavy atom. The third kappa shape index (κ3) is 16.5. The van der Waals surface area contributed by atoms with E-state index in [1.54, 1.807) is 60.7 Å². The molecule has 0 N–H and O–H groups in total. The zero-order valence-electron chi connectivity index (χ0n) is 24.5. The van der Waals surface area contributed by atoms with Crippen LogP contribution in [0.15, 0.2) is 145 Å². The zero-order chi connectivity index (χ0) is 32.9. The molecule has 4 radical (unpaired) electrons. The van der Waals surface area contributed by atoms with Crippen LogP contribution in [0.3, 0.4) is 0 Å². The van der Waals surface area contributed by atoms with Crippen LogP contribution in [0.4, 0.5) is 0 Å². The van der Waals surface area contributed by atoms with Gasteiger partial charge in [0.05, 0.1) is 23.9 Å². The molecule has 0 aliphatic carbocycles. The normalized spacial score (nSPS) is 10.8. The number of aliphatic carboxylic acids is 4. The fourth-order valence-electron chi connectivity index (χ4n) is 4.07. The Hall–Kier alpha value is -4.96. The Balaban J connectivity index is 0.000000235. The Kier molecular flexibility index (Phi) is 16.8. The maximum atomic E-state index is 10.6. The summed E-state index contributed by atoms with van der Waals surface area (Å²) in [5.41, 5.74) is 3.86. The van der Waals surface area contributed by atoms with Gasteiger partial charge < -0.3 is 39.6 Å². The molecule has 45 heavy (non-hydrogen) atoms. The van der Waals surface area contributed by atoms with Gasteiger partial charge >= 0.3 is 102 Å². The summed E-state index contributed by atoms with van der Waals surface area (Å²) < 4.78 is 2.77. The fourth-order valence-corrected chi connectivity index (χ4v) is 8.80. The first-order valence-electron chi connectivity index (χ1n) is 14.1. The van der Waals surface area contributed by atoms with Crippen LogP contribution in [-0.2, 0) is 40.9 Å². The van der Waals surface area contributed by atoms with Crippen molar-refractivity contribution >= 4 is 45.0 Å². The van der Waals surface area contributed by atoms with Crippen LogP contribution in [0.25, 0.3) is 0 Å². The topological polar surface area (TPSA) is 161 Å². The molecule has 0 unspecified atom stereocenters. The number of carboxylic acids is 4. The van der Waals surface area contributed by atoms with Crippen LogP contribution in [0.2, 0.25) is 0 Å². The van der Waals surface area contributed by atoms with Gasteiger partial charge in [0.25, 0.3) is 0 Å². The first-order chi connectivity index (χ1) is 21.6. The first kappa shape index (κ1) is 36.2. The average molecular weight is 711 g/mol. The molecule has 8 nitrogen and oxygen atoms in total. The van der Waals surface area contributed by atoms with E-state index < -0.39 is 45.0 Å². The quantitative estimate of drug-likeness (QED) is 0.145. The predicted octanol–water partition coefficient (Wildman–Crippen LogP) is -0.134. The van der Waals surface area contributed by atoms with Crippen molar-refractivity contribution in [3.05, 3.63) is 167 Å². The summed E-state index contributed by atoms with van der Waals surface area (Å²) in [5.74, 6) is -6.07. The van der Waals surface area contributed by atoms with E-state index in [9.17, 15) is 39.6 Å². The number of carbonyl (C=O) groups excluding carboxylic acids is 4. The molecule has 0 fully saturated rings. The van der Waals surface area contributed by atoms with Crippen LogP contribution < -0.4 is 20.4 Å². The molecule has 0 bridgehead atoms. The molecule has 4 rings (SSSR count). The number of hydrogen-bond acceptors (Lipinski definition) is 8. The van der Waals surface area contributed by atoms with Gasteiger partial charge in [0.15, 0.2) is 0 Å². The summed E-state index contributed by atoms with van der Waals surface area (Å²) in [6.45, 7) is 0. The van der Waals surface area contributed by atoms with Gasteiger partial charge in [-0.2, -0.15) is 0 Å². The van der Waals surface area contributed by atoms with Gasteiger partial charge in [-0.05, 0) is 47.3 Å². The molecule has 0 saturated carbocycles. The van der Waals surface area contributed by atoms with E-state index in [2.05, 4.69) is 60.7 Å². The molecular weight excluding hydrogens is 679 g/mol. The van der Waals surface area contributed by atoms with Gasteiger partial charge in [-0.15, -0.1) is 0 Å². The van der Waals surface area contributed by atoms with Gasteiger partial charge in [0.1, 0.15) is 0 Å². The van der Waals surface area contributed by atoms with E-state index in [0.29, 0.717) is 23.3 Å². The number of benzene rings is 4. The Morgan fingerprint density at radius 3 is 0.956 bits per heavy atom. The Morgan fingerprint density at radius 2 is 0.711 bits per heavy atom. The van der Waals surface area contributed by atoms with E-state index in [1.165, 1.54) is 20.0 Å². The maximum absolute atomic E-state index is 10.6. The van der Waals surface area contributed by atoms with Gasteiger partial charge in [-0.3, -0.25) is 0 Å². The molecule has 228 valence electrons. The molecule has 0 heterocycles. The van der Waals surface area contributed by atoms with Crippen molar-refractivity contribution in [2.24, 2.45) is 0 Å². The summed E-state index contributed by atoms with van der Waals surface area (Å²) in [7, 11) is 0. The van der Waals surface area contributed by atoms with E-state index in [0.717, 1.165) is 0 Å². The first-order valence-corrected chi connectivity index (χ1v) is 19.8. The molecule has 0 aliphatic heterocycles. The van der Waals surface area contributed by atoms with Crippen molar-refractivity contribution in [3.8, 4) is 0 Å². The minimum absolute atomic E-state index is 0.0111. The molecule has 9 heteroatoms. The van der Waals surface area contributed by atoms with Crippen LogP contribution in [0.5, 0.6) is 0 Å². The van der Waals surface area contributed by atoms with Crippen molar-refractivity contribution in [2.75, 3.05) is 0 Å². The molecule has 0 spiro atoms. The number of carboxylic acid groups (broad SMARTS) is 4. The number of carbonyl (C=O) groups is 4. The van der Waals surface area contributed by atoms with Gasteiger partial charge in [-0.25, -0.2) is 0 Å². The van der Waals surface area contributed by atoms with E-state index >= 15 is 0 Å². The second-order valence-corrected chi connectivity index (χ2v) is 14.6. The van der Waals surface area contributed by atoms with Crippen LogP contribution in [0.1, 0.15) is 22.3 Å². The molecule has 0 atom stereocenters. The van der Waals surface area contributed by atoms with Crippen molar-refractivity contribution < 1.29 is 39.6 Å². The van der Waals surface area contributed by atoms with Crippen molar-refractivity contribution in [1.29, 1.82) is 0 Å². The van der Waals surface area contributed by atoms with Gasteiger partial charge in [0.2, 0.25) is 0 Å². The number of hydrogen-bond donors (Lipinski definition) is 0. The number of rotatable bonds is 12. The fraction of sp³-hybridized carbons (Fsp3) is 0.111. The third-order valence-corrected chi connectivity index (χ3v) is 11.5. The Bertz CT molecular complexity index is 1430. The van der Waals surface area contributed by atoms with Crippen molar-refractivity contribution in [1.82, 2.24) is 0 Å². The summed E-state index contributed by atoms with van der Waals surface area (Å²) >= 11 is -0.608. The van der Waals surface area contributed by atoms with E-state index in [4.69, 9.17) is 0 Å². The van der Waals surface area contributed by atoms with Gasteiger partial charge in [0, 0.05) is 0 Å². The van der Waals surface area contributed by atoms with Crippen LogP contribution in [-0.4, -0.2) is 45.0 Å². The molecule has 0 amide bonds. The molecule has 4 aromatic carbocycles. The predicted molar refractivity (Wildman–Crippen MR) is 165 cm³/mol. The molecule has 0 saturated heterocycles. The summed E-state index contributed by atoms with van der Waals surface area (Å²) in [5, 5.41) is 41.6. The van der Waals surface area contributed by atoms with Crippen molar-refractivity contribution in [2.45, 2.75) is 21.7 Å². The molecular formula is C36H32O8Sn.